The fourth-order valence-corrected chi connectivity index (χ4v) is 2.74. The van der Waals surface area contributed by atoms with E-state index in [4.69, 9.17) is 18.0 Å². The molecule has 1 aromatic rings. The summed E-state index contributed by atoms with van der Waals surface area (Å²) in [5, 5.41) is 6.26. The van der Waals surface area contributed by atoms with Crippen LogP contribution in [0.1, 0.15) is 31.2 Å². The maximum Gasteiger partial charge on any atom is 0.220 e. The number of carbonyl (C=O) groups is 1. The molecule has 108 valence electrons. The Kier molecular flexibility index (Phi) is 5.37. The lowest BCUT2D eigenvalue weighted by molar-refractivity contribution is -0.121. The predicted octanol–water partition coefficient (Wildman–Crippen LogP) is 2.55. The first-order valence-corrected chi connectivity index (χ1v) is 7.89. The van der Waals surface area contributed by atoms with E-state index in [-0.39, 0.29) is 5.91 Å². The van der Waals surface area contributed by atoms with Crippen LogP contribution >= 0.6 is 28.1 Å². The average Bonchev–Trinajstić information content (AvgIpc) is 3.18. The van der Waals surface area contributed by atoms with E-state index in [0.717, 1.165) is 41.5 Å². The molecule has 0 radical (unpaired) electrons. The molecule has 4 nitrogen and oxygen atoms in total. The van der Waals surface area contributed by atoms with E-state index in [1.54, 1.807) is 0 Å². The van der Waals surface area contributed by atoms with Crippen LogP contribution in [-0.4, -0.2) is 23.5 Å². The molecule has 0 heterocycles. The third kappa shape index (κ3) is 4.76. The third-order valence-corrected chi connectivity index (χ3v) is 3.96. The number of carbonyl (C=O) groups excluding carboxylic acids is 1. The Morgan fingerprint density at radius 1 is 1.45 bits per heavy atom. The number of hydrogen-bond donors (Lipinski definition) is 3. The van der Waals surface area contributed by atoms with Crippen molar-refractivity contribution >= 4 is 44.7 Å². The molecule has 0 saturated heterocycles. The van der Waals surface area contributed by atoms with Gasteiger partial charge in [-0.1, -0.05) is 12.2 Å². The molecule has 1 amide bonds. The summed E-state index contributed by atoms with van der Waals surface area (Å²) in [5.74, 6) is 0.152. The number of thiocarbonyl (C=S) groups is 1. The summed E-state index contributed by atoms with van der Waals surface area (Å²) in [7, 11) is 0. The van der Waals surface area contributed by atoms with Gasteiger partial charge in [-0.3, -0.25) is 4.79 Å². The van der Waals surface area contributed by atoms with Crippen LogP contribution in [0.4, 0.5) is 5.69 Å². The van der Waals surface area contributed by atoms with Crippen molar-refractivity contribution in [3.8, 4) is 0 Å². The van der Waals surface area contributed by atoms with Crippen LogP contribution in [0.25, 0.3) is 0 Å². The summed E-state index contributed by atoms with van der Waals surface area (Å²) in [6.45, 7) is 0.761. The molecule has 0 bridgehead atoms. The lowest BCUT2D eigenvalue weighted by Gasteiger charge is -2.09. The predicted molar refractivity (Wildman–Crippen MR) is 88.9 cm³/mol. The zero-order valence-electron chi connectivity index (χ0n) is 11.1. The van der Waals surface area contributed by atoms with Gasteiger partial charge in [-0.2, -0.15) is 0 Å². The smallest absolute Gasteiger partial charge is 0.220 e. The minimum absolute atomic E-state index is 0.152. The van der Waals surface area contributed by atoms with Crippen molar-refractivity contribution in [1.29, 1.82) is 0 Å². The molecule has 1 aliphatic carbocycles. The van der Waals surface area contributed by atoms with E-state index >= 15 is 0 Å². The van der Waals surface area contributed by atoms with Crippen LogP contribution in [-0.2, 0) is 4.79 Å². The first kappa shape index (κ1) is 15.3. The molecule has 0 atom stereocenters. The van der Waals surface area contributed by atoms with Gasteiger partial charge in [-0.25, -0.2) is 0 Å². The van der Waals surface area contributed by atoms with Crippen LogP contribution in [0.15, 0.2) is 22.7 Å². The third-order valence-electron chi connectivity index (χ3n) is 3.09. The summed E-state index contributed by atoms with van der Waals surface area (Å²) >= 11 is 8.39. The second kappa shape index (κ2) is 7.04. The van der Waals surface area contributed by atoms with Crippen molar-refractivity contribution in [1.82, 2.24) is 5.32 Å². The Labute approximate surface area is 132 Å². The van der Waals surface area contributed by atoms with Crippen molar-refractivity contribution in [2.45, 2.75) is 31.7 Å². The van der Waals surface area contributed by atoms with E-state index in [1.165, 1.54) is 0 Å². The maximum absolute atomic E-state index is 11.5. The summed E-state index contributed by atoms with van der Waals surface area (Å²) in [6.07, 6.45) is 3.64. The Hall–Kier alpha value is -1.14. The molecular weight excluding hydrogens is 338 g/mol. The second-order valence-corrected chi connectivity index (χ2v) is 6.23. The Morgan fingerprint density at radius 3 is 2.80 bits per heavy atom. The van der Waals surface area contributed by atoms with Crippen LogP contribution in [0, 0.1) is 0 Å². The molecule has 6 heteroatoms. The largest absolute Gasteiger partial charge is 0.389 e. The van der Waals surface area contributed by atoms with E-state index in [2.05, 4.69) is 26.6 Å². The van der Waals surface area contributed by atoms with Gasteiger partial charge in [0.2, 0.25) is 5.91 Å². The fourth-order valence-electron chi connectivity index (χ4n) is 1.83. The van der Waals surface area contributed by atoms with Gasteiger partial charge in [0, 0.05) is 34.7 Å². The van der Waals surface area contributed by atoms with Crippen molar-refractivity contribution in [3.05, 3.63) is 28.2 Å². The normalized spacial score (nSPS) is 13.8. The highest BCUT2D eigenvalue weighted by molar-refractivity contribution is 9.10. The van der Waals surface area contributed by atoms with Crippen molar-refractivity contribution < 1.29 is 4.79 Å². The monoisotopic (exact) mass is 355 g/mol. The van der Waals surface area contributed by atoms with Crippen LogP contribution < -0.4 is 16.4 Å². The maximum atomic E-state index is 11.5. The quantitative estimate of drug-likeness (QED) is 0.519. The number of anilines is 1. The average molecular weight is 356 g/mol. The highest BCUT2D eigenvalue weighted by atomic mass is 79.9. The van der Waals surface area contributed by atoms with Crippen LogP contribution in [0.5, 0.6) is 0 Å². The molecule has 1 aromatic carbocycles. The minimum Gasteiger partial charge on any atom is -0.389 e. The van der Waals surface area contributed by atoms with E-state index in [9.17, 15) is 4.79 Å². The summed E-state index contributed by atoms with van der Waals surface area (Å²) in [6, 6.07) is 6.20. The van der Waals surface area contributed by atoms with Gasteiger partial charge in [0.05, 0.1) is 0 Å². The first-order valence-electron chi connectivity index (χ1n) is 6.69. The lowest BCUT2D eigenvalue weighted by atomic mass is 10.2. The fraction of sp³-hybridized carbons (Fsp3) is 0.429. The molecule has 0 unspecified atom stereocenters. The summed E-state index contributed by atoms with van der Waals surface area (Å²) < 4.78 is 0.876. The lowest BCUT2D eigenvalue weighted by Crippen LogP contribution is -2.25. The Bertz CT molecular complexity index is 517. The second-order valence-electron chi connectivity index (χ2n) is 4.93. The van der Waals surface area contributed by atoms with Gasteiger partial charge in [0.1, 0.15) is 4.99 Å². The molecule has 0 aromatic heterocycles. The van der Waals surface area contributed by atoms with Gasteiger partial charge in [-0.05, 0) is 53.4 Å². The summed E-state index contributed by atoms with van der Waals surface area (Å²) in [5.41, 5.74) is 7.41. The molecule has 20 heavy (non-hydrogen) atoms. The SMILES string of the molecule is NC(=S)c1ccc(NCCCC(=O)NC2CC2)cc1Br. The van der Waals surface area contributed by atoms with E-state index in [0.29, 0.717) is 17.5 Å². The molecule has 0 aliphatic heterocycles. The van der Waals surface area contributed by atoms with Gasteiger partial charge >= 0.3 is 0 Å². The molecule has 4 N–H and O–H groups in total. The first-order chi connectivity index (χ1) is 9.56. The van der Waals surface area contributed by atoms with Crippen molar-refractivity contribution in [3.63, 3.8) is 0 Å². The summed E-state index contributed by atoms with van der Waals surface area (Å²) in [4.78, 5) is 11.9. The highest BCUT2D eigenvalue weighted by Crippen LogP contribution is 2.21. The zero-order valence-corrected chi connectivity index (χ0v) is 13.5. The molecule has 2 rings (SSSR count). The minimum atomic E-state index is 0.152. The number of hydrogen-bond acceptors (Lipinski definition) is 3. The van der Waals surface area contributed by atoms with Gasteiger partial charge < -0.3 is 16.4 Å². The van der Waals surface area contributed by atoms with Crippen molar-refractivity contribution in [2.75, 3.05) is 11.9 Å². The number of nitrogens with one attached hydrogen (secondary N) is 2. The molecule has 1 saturated carbocycles. The van der Waals surface area contributed by atoms with E-state index in [1.807, 2.05) is 18.2 Å². The van der Waals surface area contributed by atoms with Crippen LogP contribution in [0.3, 0.4) is 0 Å². The van der Waals surface area contributed by atoms with Crippen molar-refractivity contribution in [2.24, 2.45) is 5.73 Å². The van der Waals surface area contributed by atoms with Gasteiger partial charge in [0.15, 0.2) is 0 Å². The number of nitrogens with two attached hydrogens (primary N) is 1. The number of benzene rings is 1. The number of halogens is 1. The van der Waals surface area contributed by atoms with Gasteiger partial charge in [-0.15, -0.1) is 0 Å². The number of amides is 1. The number of rotatable bonds is 7. The highest BCUT2D eigenvalue weighted by Gasteiger charge is 2.22. The van der Waals surface area contributed by atoms with E-state index < -0.39 is 0 Å². The zero-order chi connectivity index (χ0) is 14.5. The Morgan fingerprint density at radius 2 is 2.20 bits per heavy atom. The molecular formula is C14H18BrN3OS. The Balaban J connectivity index is 1.72. The standard InChI is InChI=1S/C14H18BrN3OS/c15-12-8-10(5-6-11(12)14(16)20)17-7-1-2-13(19)18-9-3-4-9/h5-6,8-9,17H,1-4,7H2,(H2,16,20)(H,18,19). The molecule has 1 fully saturated rings. The van der Waals surface area contributed by atoms with Gasteiger partial charge in [0.25, 0.3) is 0 Å². The van der Waals surface area contributed by atoms with Crippen LogP contribution in [0.2, 0.25) is 0 Å². The molecule has 0 spiro atoms. The topological polar surface area (TPSA) is 67.1 Å². The molecule has 1 aliphatic rings.